The van der Waals surface area contributed by atoms with Crippen molar-refractivity contribution in [2.24, 2.45) is 0 Å². The molecule has 0 aliphatic heterocycles. The lowest BCUT2D eigenvalue weighted by Crippen LogP contribution is -2.18. The molecule has 2 rings (SSSR count). The Kier molecular flexibility index (Phi) is 3.74. The Balaban J connectivity index is 2.22. The van der Waals surface area contributed by atoms with Crippen molar-refractivity contribution in [2.45, 2.75) is 20.4 Å². The highest BCUT2D eigenvalue weighted by Gasteiger charge is 2.09. The summed E-state index contributed by atoms with van der Waals surface area (Å²) >= 11 is 0. The van der Waals surface area contributed by atoms with Crippen LogP contribution in [-0.4, -0.2) is 7.05 Å². The maximum Gasteiger partial charge on any atom is 0.128 e. The fourth-order valence-electron chi connectivity index (χ4n) is 2.06. The predicted octanol–water partition coefficient (Wildman–Crippen LogP) is 3.66. The standard InChI is InChI=1S/C16H19FN2/c1-11-4-6-13(7-5-11)10-19(3)16-8-12(2)14(17)9-15(16)18/h4-9H,10,18H2,1-3H3. The fourth-order valence-corrected chi connectivity index (χ4v) is 2.06. The van der Waals surface area contributed by atoms with Crippen LogP contribution in [0.3, 0.4) is 0 Å². The second-order valence-corrected chi connectivity index (χ2v) is 5.00. The van der Waals surface area contributed by atoms with Crippen molar-refractivity contribution in [3.05, 3.63) is 58.9 Å². The molecular formula is C16H19FN2. The summed E-state index contributed by atoms with van der Waals surface area (Å²) < 4.78 is 13.4. The number of anilines is 2. The second-order valence-electron chi connectivity index (χ2n) is 5.00. The lowest BCUT2D eigenvalue weighted by Gasteiger charge is -2.22. The number of nitrogen functional groups attached to an aromatic ring is 1. The molecule has 3 heteroatoms. The SMILES string of the molecule is Cc1ccc(CN(C)c2cc(C)c(F)cc2N)cc1. The van der Waals surface area contributed by atoms with Crippen molar-refractivity contribution in [3.8, 4) is 0 Å². The van der Waals surface area contributed by atoms with E-state index in [0.717, 1.165) is 12.2 Å². The highest BCUT2D eigenvalue weighted by molar-refractivity contribution is 5.68. The number of rotatable bonds is 3. The van der Waals surface area contributed by atoms with Gasteiger partial charge in [-0.15, -0.1) is 0 Å². The van der Waals surface area contributed by atoms with Gasteiger partial charge in [0.05, 0.1) is 11.4 Å². The molecule has 0 amide bonds. The van der Waals surface area contributed by atoms with E-state index in [-0.39, 0.29) is 5.82 Å². The summed E-state index contributed by atoms with van der Waals surface area (Å²) in [5.41, 5.74) is 10.3. The van der Waals surface area contributed by atoms with Gasteiger partial charge in [0, 0.05) is 13.6 Å². The van der Waals surface area contributed by atoms with E-state index in [1.165, 1.54) is 17.2 Å². The summed E-state index contributed by atoms with van der Waals surface area (Å²) in [4.78, 5) is 2.03. The number of aryl methyl sites for hydroxylation is 2. The van der Waals surface area contributed by atoms with Gasteiger partial charge in [0.1, 0.15) is 5.82 Å². The van der Waals surface area contributed by atoms with E-state index in [1.54, 1.807) is 13.0 Å². The van der Waals surface area contributed by atoms with Crippen LogP contribution in [0.4, 0.5) is 15.8 Å². The van der Waals surface area contributed by atoms with Crippen molar-refractivity contribution >= 4 is 11.4 Å². The topological polar surface area (TPSA) is 29.3 Å². The fraction of sp³-hybridized carbons (Fsp3) is 0.250. The van der Waals surface area contributed by atoms with Crippen LogP contribution < -0.4 is 10.6 Å². The van der Waals surface area contributed by atoms with Crippen LogP contribution in [0.1, 0.15) is 16.7 Å². The first-order chi connectivity index (χ1) is 8.97. The third-order valence-corrected chi connectivity index (χ3v) is 3.26. The van der Waals surface area contributed by atoms with E-state index in [4.69, 9.17) is 5.73 Å². The molecule has 0 aliphatic rings. The number of nitrogens with two attached hydrogens (primary N) is 1. The zero-order valence-electron chi connectivity index (χ0n) is 11.6. The molecule has 0 aromatic heterocycles. The molecule has 100 valence electrons. The molecule has 0 saturated heterocycles. The van der Waals surface area contributed by atoms with Gasteiger partial charge in [0.15, 0.2) is 0 Å². The largest absolute Gasteiger partial charge is 0.397 e. The van der Waals surface area contributed by atoms with Gasteiger partial charge in [-0.2, -0.15) is 0 Å². The molecule has 0 unspecified atom stereocenters. The Morgan fingerprint density at radius 3 is 2.37 bits per heavy atom. The minimum Gasteiger partial charge on any atom is -0.397 e. The van der Waals surface area contributed by atoms with Crippen LogP contribution in [0.15, 0.2) is 36.4 Å². The smallest absolute Gasteiger partial charge is 0.128 e. The summed E-state index contributed by atoms with van der Waals surface area (Å²) in [6, 6.07) is 11.5. The number of hydrogen-bond acceptors (Lipinski definition) is 2. The van der Waals surface area contributed by atoms with Gasteiger partial charge in [-0.1, -0.05) is 29.8 Å². The molecule has 0 bridgehead atoms. The summed E-state index contributed by atoms with van der Waals surface area (Å²) in [5, 5.41) is 0. The van der Waals surface area contributed by atoms with Gasteiger partial charge >= 0.3 is 0 Å². The third kappa shape index (κ3) is 3.05. The predicted molar refractivity (Wildman–Crippen MR) is 78.8 cm³/mol. The van der Waals surface area contributed by atoms with E-state index in [9.17, 15) is 4.39 Å². The van der Waals surface area contributed by atoms with E-state index in [1.807, 2.05) is 11.9 Å². The average Bonchev–Trinajstić information content (AvgIpc) is 2.36. The van der Waals surface area contributed by atoms with Gasteiger partial charge in [-0.05, 0) is 37.1 Å². The van der Waals surface area contributed by atoms with E-state index < -0.39 is 0 Å². The molecule has 0 atom stereocenters. The van der Waals surface area contributed by atoms with Crippen LogP contribution in [0.2, 0.25) is 0 Å². The molecule has 2 aromatic carbocycles. The van der Waals surface area contributed by atoms with Gasteiger partial charge in [0.2, 0.25) is 0 Å². The average molecular weight is 258 g/mol. The van der Waals surface area contributed by atoms with Crippen molar-refractivity contribution in [2.75, 3.05) is 17.7 Å². The molecular weight excluding hydrogens is 239 g/mol. The van der Waals surface area contributed by atoms with E-state index in [2.05, 4.69) is 31.2 Å². The van der Waals surface area contributed by atoms with Gasteiger partial charge in [-0.25, -0.2) is 4.39 Å². The Labute approximate surface area is 113 Å². The normalized spacial score (nSPS) is 10.5. The Hall–Kier alpha value is -2.03. The minimum atomic E-state index is -0.259. The Morgan fingerprint density at radius 1 is 1.11 bits per heavy atom. The van der Waals surface area contributed by atoms with Crippen molar-refractivity contribution in [3.63, 3.8) is 0 Å². The summed E-state index contributed by atoms with van der Waals surface area (Å²) in [5.74, 6) is -0.259. The summed E-state index contributed by atoms with van der Waals surface area (Å²) in [6.07, 6.45) is 0. The van der Waals surface area contributed by atoms with Gasteiger partial charge in [0.25, 0.3) is 0 Å². The van der Waals surface area contributed by atoms with Crippen LogP contribution in [0, 0.1) is 19.7 Å². The summed E-state index contributed by atoms with van der Waals surface area (Å²) in [6.45, 7) is 4.56. The number of hydrogen-bond donors (Lipinski definition) is 1. The quantitative estimate of drug-likeness (QED) is 0.851. The molecule has 0 saturated carbocycles. The van der Waals surface area contributed by atoms with Crippen molar-refractivity contribution in [1.29, 1.82) is 0 Å². The Bertz CT molecular complexity index is 576. The highest BCUT2D eigenvalue weighted by Crippen LogP contribution is 2.26. The van der Waals surface area contributed by atoms with Crippen LogP contribution in [-0.2, 0) is 6.54 Å². The first-order valence-corrected chi connectivity index (χ1v) is 6.29. The van der Waals surface area contributed by atoms with Crippen molar-refractivity contribution in [1.82, 2.24) is 0 Å². The highest BCUT2D eigenvalue weighted by atomic mass is 19.1. The number of nitrogens with zero attached hydrogens (tertiary/aromatic N) is 1. The lowest BCUT2D eigenvalue weighted by atomic mass is 10.1. The minimum absolute atomic E-state index is 0.259. The van der Waals surface area contributed by atoms with Crippen LogP contribution >= 0.6 is 0 Å². The van der Waals surface area contributed by atoms with Gasteiger partial charge < -0.3 is 10.6 Å². The van der Waals surface area contributed by atoms with Gasteiger partial charge in [-0.3, -0.25) is 0 Å². The maximum atomic E-state index is 13.4. The third-order valence-electron chi connectivity index (χ3n) is 3.26. The first-order valence-electron chi connectivity index (χ1n) is 6.29. The molecule has 19 heavy (non-hydrogen) atoms. The Morgan fingerprint density at radius 2 is 1.74 bits per heavy atom. The number of benzene rings is 2. The molecule has 2 N–H and O–H groups in total. The zero-order chi connectivity index (χ0) is 14.0. The zero-order valence-corrected chi connectivity index (χ0v) is 11.6. The molecule has 0 heterocycles. The molecule has 0 fully saturated rings. The lowest BCUT2D eigenvalue weighted by molar-refractivity contribution is 0.619. The van der Waals surface area contributed by atoms with E-state index >= 15 is 0 Å². The number of halogens is 1. The second kappa shape index (κ2) is 5.31. The van der Waals surface area contributed by atoms with Crippen LogP contribution in [0.5, 0.6) is 0 Å². The van der Waals surface area contributed by atoms with Crippen molar-refractivity contribution < 1.29 is 4.39 Å². The molecule has 2 aromatic rings. The molecule has 0 aliphatic carbocycles. The maximum absolute atomic E-state index is 13.4. The monoisotopic (exact) mass is 258 g/mol. The first kappa shape index (κ1) is 13.4. The molecule has 2 nitrogen and oxygen atoms in total. The molecule has 0 radical (unpaired) electrons. The molecule has 0 spiro atoms. The van der Waals surface area contributed by atoms with E-state index in [0.29, 0.717) is 11.3 Å². The van der Waals surface area contributed by atoms with Crippen LogP contribution in [0.25, 0.3) is 0 Å². The summed E-state index contributed by atoms with van der Waals surface area (Å²) in [7, 11) is 1.96.